The maximum absolute atomic E-state index is 13.5. The molecule has 3 fully saturated rings. The van der Waals surface area contributed by atoms with E-state index in [1.807, 2.05) is 11.8 Å². The number of aromatic nitrogens is 2. The Labute approximate surface area is 233 Å². The minimum atomic E-state index is 0.0507. The molecule has 1 aliphatic carbocycles. The van der Waals surface area contributed by atoms with Crippen molar-refractivity contribution in [1.29, 1.82) is 0 Å². The molecule has 2 atom stereocenters. The molecule has 3 heterocycles. The van der Waals surface area contributed by atoms with E-state index >= 15 is 0 Å². The first kappa shape index (κ1) is 27.8. The van der Waals surface area contributed by atoms with Crippen molar-refractivity contribution in [3.8, 4) is 0 Å². The van der Waals surface area contributed by atoms with Crippen molar-refractivity contribution in [1.82, 2.24) is 25.1 Å². The second-order valence-corrected chi connectivity index (χ2v) is 11.9. The van der Waals surface area contributed by atoms with E-state index in [9.17, 15) is 9.59 Å². The number of nitrogens with zero attached hydrogens (tertiary/aromatic N) is 4. The van der Waals surface area contributed by atoms with Gasteiger partial charge in [-0.2, -0.15) is 0 Å². The predicted molar refractivity (Wildman–Crippen MR) is 154 cm³/mol. The van der Waals surface area contributed by atoms with Crippen molar-refractivity contribution >= 4 is 11.8 Å². The van der Waals surface area contributed by atoms with Crippen LogP contribution in [0.5, 0.6) is 0 Å². The van der Waals surface area contributed by atoms with Gasteiger partial charge in [0.1, 0.15) is 12.0 Å². The zero-order valence-electron chi connectivity index (χ0n) is 23.8. The van der Waals surface area contributed by atoms with Crippen molar-refractivity contribution < 1.29 is 9.59 Å². The largest absolute Gasteiger partial charge is 0.359 e. The average Bonchev–Trinajstić information content (AvgIpc) is 3.00. The van der Waals surface area contributed by atoms with Gasteiger partial charge in [-0.3, -0.25) is 9.59 Å². The highest BCUT2D eigenvalue weighted by molar-refractivity contribution is 5.93. The molecule has 7 heteroatoms. The van der Waals surface area contributed by atoms with Gasteiger partial charge in [0.05, 0.1) is 0 Å². The Kier molecular flexibility index (Phi) is 9.28. The van der Waals surface area contributed by atoms with E-state index in [2.05, 4.69) is 50.5 Å². The van der Waals surface area contributed by atoms with Crippen molar-refractivity contribution in [2.45, 2.75) is 83.1 Å². The Bertz CT molecular complexity index is 1110. The van der Waals surface area contributed by atoms with E-state index < -0.39 is 0 Å². The van der Waals surface area contributed by atoms with Crippen LogP contribution in [0.2, 0.25) is 0 Å². The Morgan fingerprint density at radius 1 is 0.949 bits per heavy atom. The third-order valence-electron chi connectivity index (χ3n) is 9.65. The third kappa shape index (κ3) is 6.68. The van der Waals surface area contributed by atoms with Crippen molar-refractivity contribution in [2.75, 3.05) is 33.2 Å². The van der Waals surface area contributed by atoms with Crippen LogP contribution in [0.15, 0.2) is 36.7 Å². The molecule has 1 aromatic carbocycles. The number of benzene rings is 1. The van der Waals surface area contributed by atoms with Gasteiger partial charge < -0.3 is 15.1 Å². The number of piperidine rings is 2. The van der Waals surface area contributed by atoms with E-state index in [1.54, 1.807) is 13.4 Å². The molecule has 0 spiro atoms. The van der Waals surface area contributed by atoms with Crippen molar-refractivity contribution in [3.63, 3.8) is 0 Å². The maximum atomic E-state index is 13.5. The summed E-state index contributed by atoms with van der Waals surface area (Å²) in [6, 6.07) is 11.5. The molecule has 0 unspecified atom stereocenters. The first-order valence-corrected chi connectivity index (χ1v) is 15.1. The van der Waals surface area contributed by atoms with Gasteiger partial charge in [0.2, 0.25) is 5.91 Å². The van der Waals surface area contributed by atoms with Crippen LogP contribution in [0.25, 0.3) is 0 Å². The first-order chi connectivity index (χ1) is 19.0. The smallest absolute Gasteiger partial charge is 0.272 e. The van der Waals surface area contributed by atoms with Gasteiger partial charge in [-0.25, -0.2) is 9.97 Å². The molecule has 3 aliphatic rings. The van der Waals surface area contributed by atoms with E-state index in [4.69, 9.17) is 0 Å². The van der Waals surface area contributed by atoms with Crippen LogP contribution in [-0.4, -0.2) is 70.9 Å². The van der Waals surface area contributed by atoms with Crippen LogP contribution in [-0.2, 0) is 11.2 Å². The van der Waals surface area contributed by atoms with Crippen molar-refractivity contribution in [3.05, 3.63) is 59.2 Å². The van der Waals surface area contributed by atoms with E-state index in [1.165, 1.54) is 31.2 Å². The Balaban J connectivity index is 1.12. The van der Waals surface area contributed by atoms with E-state index in [0.717, 1.165) is 76.0 Å². The standard InChI is InChI=1S/C32H45N5O2/c1-23-29(12-11-24-7-6-10-27(21-24)25-8-4-3-5-9-25)34-22-35-30(23)32(39)37-19-15-28(16-20-37)36-17-13-26(14-18-36)31(38)33-2/h3-5,8-9,22,24,26-28H,6-7,10-21H2,1-2H3,(H,33,38)/t24-,27-/m1/s1. The van der Waals surface area contributed by atoms with Crippen LogP contribution >= 0.6 is 0 Å². The van der Waals surface area contributed by atoms with Gasteiger partial charge in [0, 0.05) is 43.4 Å². The normalized spacial score (nSPS) is 23.5. The summed E-state index contributed by atoms with van der Waals surface area (Å²) in [5.74, 6) is 1.74. The molecule has 0 radical (unpaired) electrons. The van der Waals surface area contributed by atoms with Crippen molar-refractivity contribution in [2.24, 2.45) is 11.8 Å². The highest BCUT2D eigenvalue weighted by Crippen LogP contribution is 2.38. The van der Waals surface area contributed by atoms with E-state index in [-0.39, 0.29) is 17.7 Å². The number of carbonyl (C=O) groups is 2. The van der Waals surface area contributed by atoms with Gasteiger partial charge in [-0.1, -0.05) is 43.2 Å². The second-order valence-electron chi connectivity index (χ2n) is 11.9. The SMILES string of the molecule is CNC(=O)C1CCN(C2CCN(C(=O)c3ncnc(CC[C@H]4CCC[C@@H](c5ccccc5)C4)c3C)CC2)CC1. The highest BCUT2D eigenvalue weighted by Gasteiger charge is 2.32. The molecule has 2 aliphatic heterocycles. The minimum absolute atomic E-state index is 0.0507. The molecule has 1 saturated carbocycles. The zero-order chi connectivity index (χ0) is 27.2. The topological polar surface area (TPSA) is 78.4 Å². The molecule has 2 aromatic rings. The lowest BCUT2D eigenvalue weighted by atomic mass is 9.76. The summed E-state index contributed by atoms with van der Waals surface area (Å²) >= 11 is 0. The summed E-state index contributed by atoms with van der Waals surface area (Å²) in [5.41, 5.74) is 4.04. The van der Waals surface area contributed by atoms with Crippen LogP contribution in [0.4, 0.5) is 0 Å². The summed E-state index contributed by atoms with van der Waals surface area (Å²) in [6.45, 7) is 5.50. The van der Waals surface area contributed by atoms with E-state index in [0.29, 0.717) is 23.6 Å². The Hall–Kier alpha value is -2.80. The fraction of sp³-hybridized carbons (Fsp3) is 0.625. The van der Waals surface area contributed by atoms with Crippen LogP contribution in [0.1, 0.15) is 91.0 Å². The monoisotopic (exact) mass is 531 g/mol. The molecular weight excluding hydrogens is 486 g/mol. The highest BCUT2D eigenvalue weighted by atomic mass is 16.2. The second kappa shape index (κ2) is 13.0. The van der Waals surface area contributed by atoms with Crippen LogP contribution in [0, 0.1) is 18.8 Å². The first-order valence-electron chi connectivity index (χ1n) is 15.1. The molecule has 2 saturated heterocycles. The van der Waals surface area contributed by atoms with Crippen LogP contribution in [0.3, 0.4) is 0 Å². The van der Waals surface area contributed by atoms with Gasteiger partial charge in [0.15, 0.2) is 0 Å². The number of carbonyl (C=O) groups excluding carboxylic acids is 2. The van der Waals surface area contributed by atoms with Gasteiger partial charge in [-0.15, -0.1) is 0 Å². The summed E-state index contributed by atoms with van der Waals surface area (Å²) in [5, 5.41) is 2.79. The third-order valence-corrected chi connectivity index (χ3v) is 9.65. The summed E-state index contributed by atoms with van der Waals surface area (Å²) < 4.78 is 0. The molecule has 1 N–H and O–H groups in total. The minimum Gasteiger partial charge on any atom is -0.359 e. The average molecular weight is 532 g/mol. The summed E-state index contributed by atoms with van der Waals surface area (Å²) in [6.07, 6.45) is 12.6. The molecule has 2 amide bonds. The summed E-state index contributed by atoms with van der Waals surface area (Å²) in [7, 11) is 1.72. The number of amides is 2. The number of hydrogen-bond donors (Lipinski definition) is 1. The molecule has 39 heavy (non-hydrogen) atoms. The summed E-state index contributed by atoms with van der Waals surface area (Å²) in [4.78, 5) is 39.0. The number of aryl methyl sites for hydroxylation is 1. The Morgan fingerprint density at radius 3 is 2.41 bits per heavy atom. The number of nitrogens with one attached hydrogen (secondary N) is 1. The zero-order valence-corrected chi connectivity index (χ0v) is 23.8. The van der Waals surface area contributed by atoms with Gasteiger partial charge >= 0.3 is 0 Å². The quantitative estimate of drug-likeness (QED) is 0.558. The molecule has 5 rings (SSSR count). The lowest BCUT2D eigenvalue weighted by molar-refractivity contribution is -0.126. The lowest BCUT2D eigenvalue weighted by Gasteiger charge is -2.41. The molecule has 1 aromatic heterocycles. The van der Waals surface area contributed by atoms with Gasteiger partial charge in [-0.05, 0) is 88.8 Å². The fourth-order valence-corrected chi connectivity index (χ4v) is 7.19. The molecular formula is C32H45N5O2. The fourth-order valence-electron chi connectivity index (χ4n) is 7.19. The maximum Gasteiger partial charge on any atom is 0.272 e. The molecule has 7 nitrogen and oxygen atoms in total. The number of rotatable bonds is 7. The molecule has 0 bridgehead atoms. The van der Waals surface area contributed by atoms with Gasteiger partial charge in [0.25, 0.3) is 5.91 Å². The van der Waals surface area contributed by atoms with Crippen LogP contribution < -0.4 is 5.32 Å². The molecule has 210 valence electrons. The lowest BCUT2D eigenvalue weighted by Crippen LogP contribution is -2.50. The predicted octanol–water partition coefficient (Wildman–Crippen LogP) is 4.75. The number of hydrogen-bond acceptors (Lipinski definition) is 5. The Morgan fingerprint density at radius 2 is 1.69 bits per heavy atom. The number of likely N-dealkylation sites (tertiary alicyclic amines) is 2.